The minimum Gasteiger partial charge on any atom is -0.367 e. The second-order valence-electron chi connectivity index (χ2n) is 5.29. The van der Waals surface area contributed by atoms with Crippen molar-refractivity contribution in [2.45, 2.75) is 12.6 Å². The van der Waals surface area contributed by atoms with E-state index in [-0.39, 0.29) is 5.91 Å². The number of aromatic nitrogens is 1. The number of carbonyl (C=O) groups is 1. The van der Waals surface area contributed by atoms with Crippen molar-refractivity contribution < 1.29 is 9.53 Å². The molecule has 3 aromatic rings. The minimum absolute atomic E-state index is 0.108. The third-order valence-electron chi connectivity index (χ3n) is 3.71. The Kier molecular flexibility index (Phi) is 5.36. The van der Waals surface area contributed by atoms with Crippen molar-refractivity contribution in [1.29, 1.82) is 0 Å². The number of amides is 1. The molecule has 0 spiro atoms. The summed E-state index contributed by atoms with van der Waals surface area (Å²) in [6.07, 6.45) is 2.74. The van der Waals surface area contributed by atoms with Gasteiger partial charge >= 0.3 is 0 Å². The van der Waals surface area contributed by atoms with Crippen molar-refractivity contribution in [1.82, 2.24) is 4.98 Å². The average molecular weight is 338 g/mol. The van der Waals surface area contributed by atoms with Crippen LogP contribution in [0, 0.1) is 0 Å². The van der Waals surface area contributed by atoms with Crippen molar-refractivity contribution >= 4 is 22.9 Å². The van der Waals surface area contributed by atoms with Crippen LogP contribution in [-0.2, 0) is 16.1 Å². The lowest BCUT2D eigenvalue weighted by Crippen LogP contribution is -2.35. The molecule has 0 bridgehead atoms. The maximum Gasteiger partial charge on any atom is 0.261 e. The van der Waals surface area contributed by atoms with Gasteiger partial charge < -0.3 is 9.64 Å². The first-order valence-corrected chi connectivity index (χ1v) is 8.54. The molecular formula is C19H18N2O2S. The summed E-state index contributed by atoms with van der Waals surface area (Å²) >= 11 is 1.61. The predicted octanol–water partition coefficient (Wildman–Crippen LogP) is 4.06. The fourth-order valence-corrected chi connectivity index (χ4v) is 3.18. The van der Waals surface area contributed by atoms with E-state index in [1.54, 1.807) is 35.7 Å². The maximum absolute atomic E-state index is 13.2. The van der Waals surface area contributed by atoms with E-state index in [1.165, 1.54) is 0 Å². The van der Waals surface area contributed by atoms with E-state index >= 15 is 0 Å². The Hall–Kier alpha value is -2.50. The Morgan fingerprint density at radius 3 is 2.67 bits per heavy atom. The van der Waals surface area contributed by atoms with Crippen LogP contribution in [0.25, 0.3) is 0 Å². The van der Waals surface area contributed by atoms with Gasteiger partial charge in [-0.3, -0.25) is 9.78 Å². The third kappa shape index (κ3) is 3.69. The quantitative estimate of drug-likeness (QED) is 0.680. The van der Waals surface area contributed by atoms with Crippen LogP contribution < -0.4 is 4.90 Å². The molecule has 3 rings (SSSR count). The fourth-order valence-electron chi connectivity index (χ4n) is 2.52. The molecule has 24 heavy (non-hydrogen) atoms. The lowest BCUT2D eigenvalue weighted by atomic mass is 10.1. The zero-order valence-corrected chi connectivity index (χ0v) is 14.1. The highest BCUT2D eigenvalue weighted by molar-refractivity contribution is 7.07. The standard InChI is InChI=1S/C19H18N2O2S/c1-23-18(16-6-3-2-4-7-16)19(22)21(13-15-9-11-24-14-15)17-8-5-10-20-12-17/h2-12,14,18H,13H2,1H3/t18-/m0/s1. The number of anilines is 1. The monoisotopic (exact) mass is 338 g/mol. The highest BCUT2D eigenvalue weighted by Crippen LogP contribution is 2.25. The fraction of sp³-hybridized carbons (Fsp3) is 0.158. The summed E-state index contributed by atoms with van der Waals surface area (Å²) in [6, 6.07) is 15.3. The molecule has 2 aromatic heterocycles. The first-order chi connectivity index (χ1) is 11.8. The number of thiophene rings is 1. The zero-order valence-electron chi connectivity index (χ0n) is 13.3. The number of hydrogen-bond acceptors (Lipinski definition) is 4. The van der Waals surface area contributed by atoms with Crippen molar-refractivity contribution in [2.75, 3.05) is 12.0 Å². The number of methoxy groups -OCH3 is 1. The second-order valence-corrected chi connectivity index (χ2v) is 6.07. The lowest BCUT2D eigenvalue weighted by molar-refractivity contribution is -0.128. The summed E-state index contributed by atoms with van der Waals surface area (Å²) in [5, 5.41) is 4.05. The highest BCUT2D eigenvalue weighted by atomic mass is 32.1. The molecule has 5 heteroatoms. The van der Waals surface area contributed by atoms with Crippen molar-refractivity contribution in [3.05, 3.63) is 82.8 Å². The zero-order chi connectivity index (χ0) is 16.8. The third-order valence-corrected chi connectivity index (χ3v) is 4.44. The smallest absolute Gasteiger partial charge is 0.261 e. The van der Waals surface area contributed by atoms with Crippen LogP contribution in [0.15, 0.2) is 71.7 Å². The highest BCUT2D eigenvalue weighted by Gasteiger charge is 2.27. The summed E-state index contributed by atoms with van der Waals surface area (Å²) in [4.78, 5) is 19.0. The SMILES string of the molecule is CO[C@H](C(=O)N(Cc1ccsc1)c1cccnc1)c1ccccc1. The summed E-state index contributed by atoms with van der Waals surface area (Å²) in [5.41, 5.74) is 2.68. The van der Waals surface area contributed by atoms with Crippen molar-refractivity contribution in [3.8, 4) is 0 Å². The minimum atomic E-state index is -0.648. The summed E-state index contributed by atoms with van der Waals surface area (Å²) < 4.78 is 5.51. The topological polar surface area (TPSA) is 42.4 Å². The average Bonchev–Trinajstić information content (AvgIpc) is 3.15. The van der Waals surface area contributed by atoms with E-state index in [2.05, 4.69) is 4.98 Å². The predicted molar refractivity (Wildman–Crippen MR) is 95.9 cm³/mol. The molecule has 0 aliphatic heterocycles. The van der Waals surface area contributed by atoms with E-state index in [1.807, 2.05) is 59.3 Å². The van der Waals surface area contributed by atoms with Crippen molar-refractivity contribution in [2.24, 2.45) is 0 Å². The number of pyridine rings is 1. The Bertz CT molecular complexity index is 761. The number of hydrogen-bond donors (Lipinski definition) is 0. The lowest BCUT2D eigenvalue weighted by Gasteiger charge is -2.26. The molecule has 1 atom stereocenters. The Morgan fingerprint density at radius 1 is 1.21 bits per heavy atom. The molecule has 0 unspecified atom stereocenters. The molecule has 1 aromatic carbocycles. The molecule has 0 saturated heterocycles. The van der Waals surface area contributed by atoms with Gasteiger partial charge in [-0.1, -0.05) is 30.3 Å². The summed E-state index contributed by atoms with van der Waals surface area (Å²) in [7, 11) is 1.56. The van der Waals surface area contributed by atoms with E-state index < -0.39 is 6.10 Å². The maximum atomic E-state index is 13.2. The molecule has 0 radical (unpaired) electrons. The van der Waals surface area contributed by atoms with Gasteiger partial charge in [0.05, 0.1) is 18.4 Å². The molecule has 0 fully saturated rings. The Labute approximate surface area is 145 Å². The van der Waals surface area contributed by atoms with Gasteiger partial charge in [-0.2, -0.15) is 11.3 Å². The van der Waals surface area contributed by atoms with Gasteiger partial charge in [-0.15, -0.1) is 0 Å². The van der Waals surface area contributed by atoms with Crippen LogP contribution in [0.1, 0.15) is 17.2 Å². The molecule has 2 heterocycles. The van der Waals surface area contributed by atoms with Crippen LogP contribution in [-0.4, -0.2) is 18.0 Å². The first kappa shape index (κ1) is 16.4. The number of carbonyl (C=O) groups excluding carboxylic acids is 1. The normalized spacial score (nSPS) is 11.9. The van der Waals surface area contributed by atoms with E-state index in [0.717, 1.165) is 16.8 Å². The number of nitrogens with zero attached hydrogens (tertiary/aromatic N) is 2. The summed E-state index contributed by atoms with van der Waals surface area (Å²) in [5.74, 6) is -0.108. The van der Waals surface area contributed by atoms with Crippen LogP contribution in [0.2, 0.25) is 0 Å². The molecule has 122 valence electrons. The van der Waals surface area contributed by atoms with Gasteiger partial charge in [-0.25, -0.2) is 0 Å². The molecule has 0 saturated carbocycles. The molecule has 0 aliphatic carbocycles. The van der Waals surface area contributed by atoms with E-state index in [9.17, 15) is 4.79 Å². The van der Waals surface area contributed by atoms with Crippen LogP contribution in [0.4, 0.5) is 5.69 Å². The molecule has 0 aliphatic rings. The summed E-state index contributed by atoms with van der Waals surface area (Å²) in [6.45, 7) is 0.487. The van der Waals surface area contributed by atoms with Gasteiger partial charge in [0.25, 0.3) is 5.91 Å². The number of benzene rings is 1. The van der Waals surface area contributed by atoms with Crippen LogP contribution in [0.5, 0.6) is 0 Å². The Morgan fingerprint density at radius 2 is 2.04 bits per heavy atom. The molecule has 4 nitrogen and oxygen atoms in total. The van der Waals surface area contributed by atoms with Gasteiger partial charge in [0.15, 0.2) is 6.10 Å². The number of ether oxygens (including phenoxy) is 1. The molecule has 1 amide bonds. The van der Waals surface area contributed by atoms with Crippen LogP contribution in [0.3, 0.4) is 0 Å². The number of rotatable bonds is 6. The molecular weight excluding hydrogens is 320 g/mol. The van der Waals surface area contributed by atoms with Gasteiger partial charge in [0.1, 0.15) is 0 Å². The molecule has 0 N–H and O–H groups in total. The van der Waals surface area contributed by atoms with E-state index in [4.69, 9.17) is 4.74 Å². The second kappa shape index (κ2) is 7.86. The van der Waals surface area contributed by atoms with Gasteiger partial charge in [-0.05, 0) is 40.1 Å². The van der Waals surface area contributed by atoms with Gasteiger partial charge in [0.2, 0.25) is 0 Å². The largest absolute Gasteiger partial charge is 0.367 e. The first-order valence-electron chi connectivity index (χ1n) is 7.60. The Balaban J connectivity index is 1.93. The van der Waals surface area contributed by atoms with E-state index in [0.29, 0.717) is 6.54 Å². The van der Waals surface area contributed by atoms with Crippen LogP contribution >= 0.6 is 11.3 Å². The van der Waals surface area contributed by atoms with Crippen molar-refractivity contribution in [3.63, 3.8) is 0 Å². The van der Waals surface area contributed by atoms with Gasteiger partial charge in [0, 0.05) is 13.3 Å².